The van der Waals surface area contributed by atoms with Gasteiger partial charge in [0.05, 0.1) is 23.5 Å². The Labute approximate surface area is 142 Å². The fourth-order valence-electron chi connectivity index (χ4n) is 2.27. The molecule has 0 saturated heterocycles. The topological polar surface area (TPSA) is 75.0 Å². The van der Waals surface area contributed by atoms with Crippen molar-refractivity contribution in [3.05, 3.63) is 47.7 Å². The van der Waals surface area contributed by atoms with Crippen molar-refractivity contribution < 1.29 is 9.53 Å². The molecule has 24 heavy (non-hydrogen) atoms. The second-order valence-electron chi connectivity index (χ2n) is 5.80. The van der Waals surface area contributed by atoms with Gasteiger partial charge in [-0.15, -0.1) is 0 Å². The minimum Gasteiger partial charge on any atom is -0.439 e. The summed E-state index contributed by atoms with van der Waals surface area (Å²) in [6.45, 7) is 6.02. The van der Waals surface area contributed by atoms with Crippen molar-refractivity contribution in [3.8, 4) is 17.7 Å². The normalized spacial score (nSPS) is 10.3. The number of pyridine rings is 1. The van der Waals surface area contributed by atoms with Crippen molar-refractivity contribution in [3.63, 3.8) is 0 Å². The third-order valence-corrected chi connectivity index (χ3v) is 3.49. The molecular formula is C19H21N3O2. The monoisotopic (exact) mass is 323 g/mol. The zero-order valence-corrected chi connectivity index (χ0v) is 14.2. The molecule has 1 amide bonds. The lowest BCUT2D eigenvalue weighted by molar-refractivity contribution is -0.116. The van der Waals surface area contributed by atoms with Crippen molar-refractivity contribution >= 4 is 11.6 Å². The third-order valence-electron chi connectivity index (χ3n) is 3.49. The van der Waals surface area contributed by atoms with Crippen LogP contribution in [-0.2, 0) is 4.79 Å². The maximum absolute atomic E-state index is 11.6. The van der Waals surface area contributed by atoms with Crippen LogP contribution >= 0.6 is 0 Å². The first-order valence-electron chi connectivity index (χ1n) is 8.01. The third kappa shape index (κ3) is 4.56. The first-order chi connectivity index (χ1) is 11.5. The smallest absolute Gasteiger partial charge is 0.224 e. The largest absolute Gasteiger partial charge is 0.439 e. The second-order valence-corrected chi connectivity index (χ2v) is 5.80. The highest BCUT2D eigenvalue weighted by Gasteiger charge is 2.09. The van der Waals surface area contributed by atoms with E-state index in [2.05, 4.69) is 16.4 Å². The molecule has 0 spiro atoms. The van der Waals surface area contributed by atoms with E-state index in [1.165, 1.54) is 0 Å². The molecule has 124 valence electrons. The zero-order chi connectivity index (χ0) is 17.5. The molecule has 0 atom stereocenters. The van der Waals surface area contributed by atoms with Gasteiger partial charge in [-0.2, -0.15) is 5.26 Å². The van der Waals surface area contributed by atoms with E-state index >= 15 is 0 Å². The van der Waals surface area contributed by atoms with Gasteiger partial charge in [0, 0.05) is 12.5 Å². The maximum atomic E-state index is 11.6. The van der Waals surface area contributed by atoms with Crippen molar-refractivity contribution in [1.82, 2.24) is 4.98 Å². The molecule has 0 aliphatic heterocycles. The number of rotatable bonds is 6. The van der Waals surface area contributed by atoms with Crippen LogP contribution in [-0.4, -0.2) is 10.9 Å². The van der Waals surface area contributed by atoms with Crippen LogP contribution in [0.2, 0.25) is 0 Å². The summed E-state index contributed by atoms with van der Waals surface area (Å²) in [7, 11) is 0. The van der Waals surface area contributed by atoms with Crippen molar-refractivity contribution in [2.24, 2.45) is 0 Å². The molecule has 0 bridgehead atoms. The van der Waals surface area contributed by atoms with Crippen LogP contribution in [0.1, 0.15) is 50.7 Å². The van der Waals surface area contributed by atoms with Gasteiger partial charge >= 0.3 is 0 Å². The minimum atomic E-state index is -0.0263. The van der Waals surface area contributed by atoms with Gasteiger partial charge in [-0.3, -0.25) is 4.79 Å². The molecule has 1 aromatic heterocycles. The maximum Gasteiger partial charge on any atom is 0.224 e. The number of nitrogens with zero attached hydrogens (tertiary/aromatic N) is 2. The van der Waals surface area contributed by atoms with Crippen LogP contribution < -0.4 is 10.1 Å². The number of nitrogens with one attached hydrogen (secondary N) is 1. The van der Waals surface area contributed by atoms with Crippen LogP contribution in [0.5, 0.6) is 11.6 Å². The number of hydrogen-bond acceptors (Lipinski definition) is 4. The molecule has 0 saturated carbocycles. The van der Waals surface area contributed by atoms with E-state index in [0.29, 0.717) is 29.3 Å². The van der Waals surface area contributed by atoms with Gasteiger partial charge in [-0.05, 0) is 42.2 Å². The van der Waals surface area contributed by atoms with Crippen molar-refractivity contribution in [1.29, 1.82) is 5.26 Å². The highest BCUT2D eigenvalue weighted by Crippen LogP contribution is 2.27. The van der Waals surface area contributed by atoms with Crippen molar-refractivity contribution in [2.45, 2.75) is 39.5 Å². The molecule has 0 unspecified atom stereocenters. The number of hydrogen-bond donors (Lipinski definition) is 1. The predicted molar refractivity (Wildman–Crippen MR) is 93.1 cm³/mol. The van der Waals surface area contributed by atoms with E-state index in [-0.39, 0.29) is 11.8 Å². The molecule has 0 aliphatic rings. The molecule has 0 fully saturated rings. The van der Waals surface area contributed by atoms with E-state index in [1.807, 2.05) is 26.8 Å². The Kier molecular flexibility index (Phi) is 5.91. The summed E-state index contributed by atoms with van der Waals surface area (Å²) >= 11 is 0. The fourth-order valence-corrected chi connectivity index (χ4v) is 2.27. The number of carbonyl (C=O) groups is 1. The molecule has 2 rings (SSSR count). The van der Waals surface area contributed by atoms with E-state index in [4.69, 9.17) is 10.00 Å². The number of ether oxygens (including phenoxy) is 1. The summed E-state index contributed by atoms with van der Waals surface area (Å²) in [6.07, 6.45) is 2.86. The van der Waals surface area contributed by atoms with E-state index in [0.717, 1.165) is 12.0 Å². The quantitative estimate of drug-likeness (QED) is 0.842. The Balaban J connectivity index is 2.10. The van der Waals surface area contributed by atoms with Crippen molar-refractivity contribution in [2.75, 3.05) is 5.32 Å². The first kappa shape index (κ1) is 17.5. The number of aromatic nitrogens is 1. The summed E-state index contributed by atoms with van der Waals surface area (Å²) in [4.78, 5) is 15.8. The van der Waals surface area contributed by atoms with E-state index in [1.54, 1.807) is 30.5 Å². The summed E-state index contributed by atoms with van der Waals surface area (Å²) in [5, 5.41) is 11.9. The van der Waals surface area contributed by atoms with Crippen LogP contribution in [0.15, 0.2) is 36.5 Å². The summed E-state index contributed by atoms with van der Waals surface area (Å²) in [6, 6.07) is 11.0. The Hall–Kier alpha value is -2.87. The molecule has 0 aliphatic carbocycles. The number of anilines is 1. The van der Waals surface area contributed by atoms with Crippen LogP contribution in [0.3, 0.4) is 0 Å². The molecule has 1 aromatic carbocycles. The predicted octanol–water partition coefficient (Wildman–Crippen LogP) is 4.61. The van der Waals surface area contributed by atoms with Gasteiger partial charge in [0.15, 0.2) is 0 Å². The Morgan fingerprint density at radius 3 is 2.71 bits per heavy atom. The summed E-state index contributed by atoms with van der Waals surface area (Å²) < 4.78 is 5.74. The van der Waals surface area contributed by atoms with Gasteiger partial charge in [0.2, 0.25) is 11.8 Å². The lowest BCUT2D eigenvalue weighted by Gasteiger charge is -2.11. The Morgan fingerprint density at radius 1 is 1.33 bits per heavy atom. The zero-order valence-electron chi connectivity index (χ0n) is 14.2. The van der Waals surface area contributed by atoms with Crippen LogP contribution in [0.4, 0.5) is 5.69 Å². The number of amides is 1. The van der Waals surface area contributed by atoms with Crippen LogP contribution in [0.25, 0.3) is 0 Å². The summed E-state index contributed by atoms with van der Waals surface area (Å²) in [5.41, 5.74) is 2.24. The van der Waals surface area contributed by atoms with Gasteiger partial charge < -0.3 is 10.1 Å². The average Bonchev–Trinajstić information content (AvgIpc) is 2.56. The molecule has 1 heterocycles. The molecule has 1 N–H and O–H groups in total. The average molecular weight is 323 g/mol. The van der Waals surface area contributed by atoms with Gasteiger partial charge in [0.1, 0.15) is 5.75 Å². The number of carbonyl (C=O) groups excluding carboxylic acids is 1. The first-order valence-corrected chi connectivity index (χ1v) is 8.01. The number of nitriles is 1. The van der Waals surface area contributed by atoms with Gasteiger partial charge in [-0.1, -0.05) is 20.8 Å². The van der Waals surface area contributed by atoms with Gasteiger partial charge in [0.25, 0.3) is 0 Å². The van der Waals surface area contributed by atoms with Gasteiger partial charge in [-0.25, -0.2) is 4.98 Å². The molecular weight excluding hydrogens is 302 g/mol. The Bertz CT molecular complexity index is 746. The lowest BCUT2D eigenvalue weighted by atomic mass is 9.98. The van der Waals surface area contributed by atoms with Crippen LogP contribution in [0, 0.1) is 11.3 Å². The fraction of sp³-hybridized carbons (Fsp3) is 0.316. The molecule has 0 radical (unpaired) electrons. The Morgan fingerprint density at radius 2 is 2.12 bits per heavy atom. The molecule has 2 aromatic rings. The SMILES string of the molecule is CCCC(=O)Nc1ccc(Oc2ccc(C#N)c(C(C)C)c2)nc1. The molecule has 5 heteroatoms. The second kappa shape index (κ2) is 8.11. The lowest BCUT2D eigenvalue weighted by Crippen LogP contribution is -2.10. The standard InChI is InChI=1S/C19H21N3O2/c1-4-5-18(23)22-15-7-9-19(21-12-15)24-16-8-6-14(11-20)17(10-16)13(2)3/h6-10,12-13H,4-5H2,1-3H3,(H,22,23). The minimum absolute atomic E-state index is 0.0263. The summed E-state index contributed by atoms with van der Waals surface area (Å²) in [5.74, 6) is 1.27. The highest BCUT2D eigenvalue weighted by atomic mass is 16.5. The number of benzene rings is 1. The van der Waals surface area contributed by atoms with E-state index in [9.17, 15) is 4.79 Å². The van der Waals surface area contributed by atoms with E-state index < -0.39 is 0 Å². The highest BCUT2D eigenvalue weighted by molar-refractivity contribution is 5.90. The molecule has 5 nitrogen and oxygen atoms in total.